The molecule has 1 fully saturated rings. The van der Waals surface area contributed by atoms with Crippen molar-refractivity contribution in [2.75, 3.05) is 19.4 Å². The molecule has 2 amide bonds. The Hall–Kier alpha value is -4.94. The van der Waals surface area contributed by atoms with E-state index in [2.05, 4.69) is 15.3 Å². The molecule has 0 bridgehead atoms. The minimum atomic E-state index is -2.22. The molecule has 45 heavy (non-hydrogen) atoms. The van der Waals surface area contributed by atoms with E-state index in [0.717, 1.165) is 25.0 Å². The number of benzene rings is 3. The van der Waals surface area contributed by atoms with Crippen LogP contribution in [-0.2, 0) is 5.60 Å². The van der Waals surface area contributed by atoms with Crippen LogP contribution in [0.1, 0.15) is 50.4 Å². The number of methoxy groups -OCH3 is 1. The number of carbonyl (C=O) groups is 2. The second-order valence-corrected chi connectivity index (χ2v) is 10.8. The second kappa shape index (κ2) is 12.6. The van der Waals surface area contributed by atoms with Gasteiger partial charge in [-0.05, 0) is 42.7 Å². The van der Waals surface area contributed by atoms with Crippen LogP contribution in [0.15, 0.2) is 65.7 Å². The number of rotatable bonds is 10. The Bertz CT molecular complexity index is 1840. The zero-order valence-corrected chi connectivity index (χ0v) is 24.5. The first-order valence-electron chi connectivity index (χ1n) is 13.7. The smallest absolute Gasteiger partial charge is 0.251 e. The predicted octanol–water partition coefficient (Wildman–Crippen LogP) is 4.76. The van der Waals surface area contributed by atoms with Crippen molar-refractivity contribution < 1.29 is 32.6 Å². The van der Waals surface area contributed by atoms with Gasteiger partial charge in [0.15, 0.2) is 5.82 Å². The Morgan fingerprint density at radius 2 is 1.84 bits per heavy atom. The van der Waals surface area contributed by atoms with Crippen molar-refractivity contribution >= 4 is 35.3 Å². The van der Waals surface area contributed by atoms with Gasteiger partial charge in [0, 0.05) is 29.0 Å². The number of amides is 2. The molecule has 0 unspecified atom stereocenters. The minimum Gasteiger partial charge on any atom is -0.495 e. The fourth-order valence-corrected chi connectivity index (χ4v) is 4.80. The third kappa shape index (κ3) is 6.47. The lowest BCUT2D eigenvalue weighted by atomic mass is 9.88. The average molecular weight is 638 g/mol. The standard InChI is InChI=1S/C32H27ClF3N5O4/c1-45-25-10-16(9-17(28(25)37)14-39-19-7-8-19)31(43)40-15-32(44,18-5-3-2-4-6-18)26-12-21(30(38)42)27(36)29(41-26)20-11-22(33)24(35)13-23(20)34/h2-6,9-14,19,44H,7-8,15,37H2,1H3,(H2,38,42)(H,40,43)/t32-/m1/s1. The molecule has 4 aromatic rings. The topological polar surface area (TPSA) is 153 Å². The summed E-state index contributed by atoms with van der Waals surface area (Å²) < 4.78 is 49.7. The number of aliphatic imine (C=N–C) groups is 1. The SMILES string of the molecule is COc1cc(C(=O)NC[C@@](O)(c2ccccc2)c2cc(C(N)=O)c(F)c(-c3cc(Cl)c(F)cc3F)n2)cc(C=NC2CC2)c1N. The maximum Gasteiger partial charge on any atom is 0.251 e. The number of aliphatic hydroxyl groups is 1. The molecule has 6 N–H and O–H groups in total. The molecule has 0 saturated heterocycles. The van der Waals surface area contributed by atoms with E-state index < -0.39 is 63.3 Å². The van der Waals surface area contributed by atoms with Crippen LogP contribution < -0.4 is 21.5 Å². The first-order chi connectivity index (χ1) is 21.4. The summed E-state index contributed by atoms with van der Waals surface area (Å²) in [6.07, 6.45) is 3.50. The highest BCUT2D eigenvalue weighted by Crippen LogP contribution is 2.35. The summed E-state index contributed by atoms with van der Waals surface area (Å²) in [6, 6.07) is 13.1. The number of aromatic nitrogens is 1. The summed E-state index contributed by atoms with van der Waals surface area (Å²) in [4.78, 5) is 34.3. The zero-order valence-electron chi connectivity index (χ0n) is 23.8. The van der Waals surface area contributed by atoms with E-state index in [9.17, 15) is 23.5 Å². The number of hydrogen-bond acceptors (Lipinski definition) is 7. The largest absolute Gasteiger partial charge is 0.495 e. The number of ether oxygens (including phenoxy) is 1. The van der Waals surface area contributed by atoms with Gasteiger partial charge in [-0.25, -0.2) is 18.2 Å². The van der Waals surface area contributed by atoms with E-state index in [1.807, 2.05) is 0 Å². The van der Waals surface area contributed by atoms with E-state index in [4.69, 9.17) is 27.8 Å². The van der Waals surface area contributed by atoms with Gasteiger partial charge < -0.3 is 26.6 Å². The number of nitrogens with one attached hydrogen (secondary N) is 1. The maximum atomic E-state index is 15.5. The molecule has 1 aliphatic carbocycles. The van der Waals surface area contributed by atoms with E-state index in [1.165, 1.54) is 31.4 Å². The summed E-state index contributed by atoms with van der Waals surface area (Å²) in [5.41, 5.74) is 7.99. The van der Waals surface area contributed by atoms with Gasteiger partial charge in [-0.1, -0.05) is 41.9 Å². The van der Waals surface area contributed by atoms with Crippen molar-refractivity contribution in [2.45, 2.75) is 24.5 Å². The number of halogens is 4. The van der Waals surface area contributed by atoms with Gasteiger partial charge in [0.25, 0.3) is 11.8 Å². The van der Waals surface area contributed by atoms with Crippen molar-refractivity contribution in [3.63, 3.8) is 0 Å². The Balaban J connectivity index is 1.59. The van der Waals surface area contributed by atoms with Gasteiger partial charge in [0.05, 0.1) is 41.7 Å². The summed E-state index contributed by atoms with van der Waals surface area (Å²) in [7, 11) is 1.40. The van der Waals surface area contributed by atoms with Crippen molar-refractivity contribution in [1.29, 1.82) is 0 Å². The van der Waals surface area contributed by atoms with Crippen molar-refractivity contribution in [3.8, 4) is 17.0 Å². The van der Waals surface area contributed by atoms with Crippen LogP contribution in [0.4, 0.5) is 18.9 Å². The number of nitrogens with two attached hydrogens (primary N) is 2. The summed E-state index contributed by atoms with van der Waals surface area (Å²) >= 11 is 5.83. The maximum absolute atomic E-state index is 15.5. The molecule has 0 radical (unpaired) electrons. The van der Waals surface area contributed by atoms with Gasteiger partial charge >= 0.3 is 0 Å². The van der Waals surface area contributed by atoms with Crippen LogP contribution in [0.2, 0.25) is 5.02 Å². The normalized spacial score (nSPS) is 14.3. The number of pyridine rings is 1. The molecule has 1 atom stereocenters. The molecular weight excluding hydrogens is 611 g/mol. The van der Waals surface area contributed by atoms with Crippen LogP contribution in [0.5, 0.6) is 5.75 Å². The Kier molecular flexibility index (Phi) is 8.80. The fraction of sp³-hybridized carbons (Fsp3) is 0.188. The molecule has 13 heteroatoms. The average Bonchev–Trinajstić information content (AvgIpc) is 3.86. The summed E-state index contributed by atoms with van der Waals surface area (Å²) in [5, 5.41) is 14.2. The molecule has 1 aromatic heterocycles. The van der Waals surface area contributed by atoms with Gasteiger partial charge in [0.2, 0.25) is 0 Å². The summed E-state index contributed by atoms with van der Waals surface area (Å²) in [5.74, 6) is -5.33. The molecule has 0 spiro atoms. The monoisotopic (exact) mass is 637 g/mol. The number of primary amides is 1. The molecule has 0 aliphatic heterocycles. The van der Waals surface area contributed by atoms with Gasteiger partial charge in [-0.3, -0.25) is 14.6 Å². The van der Waals surface area contributed by atoms with Crippen molar-refractivity contribution in [2.24, 2.45) is 10.7 Å². The lowest BCUT2D eigenvalue weighted by Crippen LogP contribution is -2.42. The van der Waals surface area contributed by atoms with E-state index >= 15 is 4.39 Å². The molecule has 3 aromatic carbocycles. The highest BCUT2D eigenvalue weighted by atomic mass is 35.5. The third-order valence-electron chi connectivity index (χ3n) is 7.30. The van der Waals surface area contributed by atoms with Crippen LogP contribution in [0.25, 0.3) is 11.3 Å². The van der Waals surface area contributed by atoms with Crippen LogP contribution in [-0.4, -0.2) is 47.8 Å². The van der Waals surface area contributed by atoms with Crippen LogP contribution >= 0.6 is 11.6 Å². The quantitative estimate of drug-likeness (QED) is 0.112. The number of carbonyl (C=O) groups excluding carboxylic acids is 2. The predicted molar refractivity (Wildman–Crippen MR) is 163 cm³/mol. The zero-order chi connectivity index (χ0) is 32.5. The second-order valence-electron chi connectivity index (χ2n) is 10.4. The van der Waals surface area contributed by atoms with E-state index in [-0.39, 0.29) is 34.3 Å². The highest BCUT2D eigenvalue weighted by Gasteiger charge is 2.36. The van der Waals surface area contributed by atoms with Crippen LogP contribution in [0.3, 0.4) is 0 Å². The van der Waals surface area contributed by atoms with E-state index in [0.29, 0.717) is 11.6 Å². The Morgan fingerprint density at radius 1 is 1.13 bits per heavy atom. The number of hydrogen-bond donors (Lipinski definition) is 4. The molecule has 1 saturated carbocycles. The van der Waals surface area contributed by atoms with Gasteiger partial charge in [0.1, 0.15) is 28.7 Å². The van der Waals surface area contributed by atoms with Crippen LogP contribution in [0, 0.1) is 17.5 Å². The van der Waals surface area contributed by atoms with Gasteiger partial charge in [-0.2, -0.15) is 0 Å². The first-order valence-corrected chi connectivity index (χ1v) is 14.0. The molecule has 9 nitrogen and oxygen atoms in total. The molecular formula is C32H27ClF3N5O4. The highest BCUT2D eigenvalue weighted by molar-refractivity contribution is 6.31. The lowest BCUT2D eigenvalue weighted by molar-refractivity contribution is 0.0665. The van der Waals surface area contributed by atoms with E-state index in [1.54, 1.807) is 24.4 Å². The number of nitrogen functional groups attached to an aromatic ring is 1. The number of nitrogens with zero attached hydrogens (tertiary/aromatic N) is 2. The molecule has 5 rings (SSSR count). The Morgan fingerprint density at radius 3 is 2.49 bits per heavy atom. The lowest BCUT2D eigenvalue weighted by Gasteiger charge is -2.29. The molecule has 232 valence electrons. The van der Waals surface area contributed by atoms with Crippen molar-refractivity contribution in [3.05, 3.63) is 111 Å². The Labute approximate surface area is 260 Å². The van der Waals surface area contributed by atoms with Crippen molar-refractivity contribution in [1.82, 2.24) is 10.3 Å². The fourth-order valence-electron chi connectivity index (χ4n) is 4.63. The number of anilines is 1. The molecule has 1 heterocycles. The van der Waals surface area contributed by atoms with Gasteiger partial charge in [-0.15, -0.1) is 0 Å². The molecule has 1 aliphatic rings. The summed E-state index contributed by atoms with van der Waals surface area (Å²) in [6.45, 7) is -0.559. The minimum absolute atomic E-state index is 0.127. The third-order valence-corrected chi connectivity index (χ3v) is 7.59. The first kappa shape index (κ1) is 31.5.